The van der Waals surface area contributed by atoms with Crippen LogP contribution in [0.1, 0.15) is 25.7 Å². The zero-order valence-corrected chi connectivity index (χ0v) is 9.69. The third-order valence-electron chi connectivity index (χ3n) is 3.32. The Morgan fingerprint density at radius 3 is 2.76 bits per heavy atom. The third kappa shape index (κ3) is 3.17. The number of nitrogens with two attached hydrogens (primary N) is 1. The lowest BCUT2D eigenvalue weighted by molar-refractivity contribution is -0.131. The molecule has 2 fully saturated rings. The fourth-order valence-corrected chi connectivity index (χ4v) is 2.04. The van der Waals surface area contributed by atoms with E-state index in [1.165, 1.54) is 0 Å². The SMILES string of the molecule is NC(CC1CCNC1=O)C(O)C(=O)NC1CC1. The maximum atomic E-state index is 11.5. The number of carbonyl (C=O) groups excluding carboxylic acids is 2. The van der Waals surface area contributed by atoms with E-state index in [-0.39, 0.29) is 17.9 Å². The van der Waals surface area contributed by atoms with Crippen LogP contribution < -0.4 is 16.4 Å². The van der Waals surface area contributed by atoms with E-state index in [2.05, 4.69) is 10.6 Å². The van der Waals surface area contributed by atoms with Crippen LogP contribution in [0.2, 0.25) is 0 Å². The molecule has 0 bridgehead atoms. The Balaban J connectivity index is 1.78. The Morgan fingerprint density at radius 2 is 2.24 bits per heavy atom. The van der Waals surface area contributed by atoms with Gasteiger partial charge in [-0.3, -0.25) is 9.59 Å². The van der Waals surface area contributed by atoms with Gasteiger partial charge in [-0.25, -0.2) is 0 Å². The highest BCUT2D eigenvalue weighted by molar-refractivity contribution is 5.83. The topological polar surface area (TPSA) is 104 Å². The molecule has 2 amide bonds. The number of hydrogen-bond donors (Lipinski definition) is 4. The number of aliphatic hydroxyl groups excluding tert-OH is 1. The second-order valence-corrected chi connectivity index (χ2v) is 4.90. The van der Waals surface area contributed by atoms with Gasteiger partial charge in [0.25, 0.3) is 5.91 Å². The van der Waals surface area contributed by atoms with Gasteiger partial charge in [0.15, 0.2) is 0 Å². The molecule has 1 aliphatic heterocycles. The molecule has 2 aliphatic rings. The summed E-state index contributed by atoms with van der Waals surface area (Å²) in [6, 6.07) is -0.471. The molecule has 3 atom stereocenters. The number of carbonyl (C=O) groups is 2. The lowest BCUT2D eigenvalue weighted by atomic mass is 9.95. The minimum absolute atomic E-state index is 0.0322. The molecule has 0 aromatic carbocycles. The summed E-state index contributed by atoms with van der Waals surface area (Å²) in [5.41, 5.74) is 5.77. The molecule has 17 heavy (non-hydrogen) atoms. The summed E-state index contributed by atoms with van der Waals surface area (Å²) in [6.07, 6.45) is 1.80. The van der Waals surface area contributed by atoms with Crippen LogP contribution in [0.5, 0.6) is 0 Å². The van der Waals surface area contributed by atoms with Gasteiger partial charge in [-0.2, -0.15) is 0 Å². The molecule has 0 aromatic heterocycles. The smallest absolute Gasteiger partial charge is 0.250 e. The van der Waals surface area contributed by atoms with Crippen LogP contribution in [0, 0.1) is 5.92 Å². The van der Waals surface area contributed by atoms with Crippen molar-refractivity contribution in [1.82, 2.24) is 10.6 Å². The molecule has 6 nitrogen and oxygen atoms in total. The minimum atomic E-state index is -1.22. The van der Waals surface area contributed by atoms with E-state index in [1.54, 1.807) is 0 Å². The van der Waals surface area contributed by atoms with Crippen LogP contribution >= 0.6 is 0 Å². The Kier molecular flexibility index (Phi) is 3.63. The fourth-order valence-electron chi connectivity index (χ4n) is 2.04. The fraction of sp³-hybridized carbons (Fsp3) is 0.818. The maximum Gasteiger partial charge on any atom is 0.250 e. The molecular weight excluding hydrogens is 222 g/mol. The number of hydrogen-bond acceptors (Lipinski definition) is 4. The van der Waals surface area contributed by atoms with Gasteiger partial charge in [-0.05, 0) is 25.7 Å². The highest BCUT2D eigenvalue weighted by atomic mass is 16.3. The van der Waals surface area contributed by atoms with Crippen molar-refractivity contribution in [3.63, 3.8) is 0 Å². The first-order valence-electron chi connectivity index (χ1n) is 6.09. The second kappa shape index (κ2) is 5.01. The average molecular weight is 241 g/mol. The van der Waals surface area contributed by atoms with Gasteiger partial charge in [-0.1, -0.05) is 0 Å². The zero-order valence-electron chi connectivity index (χ0n) is 9.69. The first-order chi connectivity index (χ1) is 8.08. The molecule has 0 radical (unpaired) electrons. The Bertz CT molecular complexity index is 317. The van der Waals surface area contributed by atoms with E-state index in [1.807, 2.05) is 0 Å². The quantitative estimate of drug-likeness (QED) is 0.469. The summed E-state index contributed by atoms with van der Waals surface area (Å²) in [5, 5.41) is 15.2. The monoisotopic (exact) mass is 241 g/mol. The maximum absolute atomic E-state index is 11.5. The van der Waals surface area contributed by atoms with Crippen molar-refractivity contribution in [1.29, 1.82) is 0 Å². The molecular formula is C11H19N3O3. The van der Waals surface area contributed by atoms with Gasteiger partial charge < -0.3 is 21.5 Å². The molecule has 1 aliphatic carbocycles. The Morgan fingerprint density at radius 1 is 1.53 bits per heavy atom. The van der Waals surface area contributed by atoms with Crippen molar-refractivity contribution in [2.24, 2.45) is 11.7 Å². The highest BCUT2D eigenvalue weighted by Gasteiger charge is 2.33. The van der Waals surface area contributed by atoms with E-state index < -0.39 is 18.1 Å². The summed E-state index contributed by atoms with van der Waals surface area (Å²) in [5.74, 6) is -0.623. The number of aliphatic hydroxyl groups is 1. The van der Waals surface area contributed by atoms with Gasteiger partial charge in [0, 0.05) is 24.5 Å². The Hall–Kier alpha value is -1.14. The van der Waals surface area contributed by atoms with Crippen LogP contribution in [-0.2, 0) is 9.59 Å². The van der Waals surface area contributed by atoms with Crippen LogP contribution in [0.4, 0.5) is 0 Å². The van der Waals surface area contributed by atoms with E-state index in [9.17, 15) is 14.7 Å². The first-order valence-corrected chi connectivity index (χ1v) is 6.09. The molecule has 2 rings (SSSR count). The standard InChI is InChI=1S/C11H19N3O3/c12-8(5-6-3-4-13-10(6)16)9(15)11(17)14-7-1-2-7/h6-9,15H,1-5,12H2,(H,13,16)(H,14,17). The number of rotatable bonds is 5. The summed E-state index contributed by atoms with van der Waals surface area (Å²) < 4.78 is 0. The number of amides is 2. The zero-order chi connectivity index (χ0) is 12.4. The number of nitrogens with one attached hydrogen (secondary N) is 2. The van der Waals surface area contributed by atoms with Gasteiger partial charge in [-0.15, -0.1) is 0 Å². The molecule has 3 unspecified atom stereocenters. The van der Waals surface area contributed by atoms with Crippen molar-refractivity contribution in [2.45, 2.75) is 43.9 Å². The average Bonchev–Trinajstić information content (AvgIpc) is 3.02. The van der Waals surface area contributed by atoms with Crippen LogP contribution in [0.25, 0.3) is 0 Å². The van der Waals surface area contributed by atoms with E-state index in [0.717, 1.165) is 19.3 Å². The molecule has 96 valence electrons. The highest BCUT2D eigenvalue weighted by Crippen LogP contribution is 2.20. The van der Waals surface area contributed by atoms with Crippen molar-refractivity contribution < 1.29 is 14.7 Å². The Labute approximate surface area is 99.9 Å². The molecule has 0 spiro atoms. The van der Waals surface area contributed by atoms with Crippen molar-refractivity contribution >= 4 is 11.8 Å². The molecule has 1 saturated heterocycles. The summed E-state index contributed by atoms with van der Waals surface area (Å²) in [4.78, 5) is 22.9. The van der Waals surface area contributed by atoms with E-state index in [4.69, 9.17) is 5.73 Å². The second-order valence-electron chi connectivity index (χ2n) is 4.90. The predicted octanol–water partition coefficient (Wildman–Crippen LogP) is -1.52. The van der Waals surface area contributed by atoms with Gasteiger partial charge in [0.2, 0.25) is 5.91 Å². The first kappa shape index (κ1) is 12.3. The van der Waals surface area contributed by atoms with Gasteiger partial charge in [0.05, 0.1) is 0 Å². The van der Waals surface area contributed by atoms with Crippen LogP contribution in [0.3, 0.4) is 0 Å². The van der Waals surface area contributed by atoms with Crippen molar-refractivity contribution in [2.75, 3.05) is 6.54 Å². The summed E-state index contributed by atoms with van der Waals surface area (Å²) >= 11 is 0. The van der Waals surface area contributed by atoms with Crippen molar-refractivity contribution in [3.8, 4) is 0 Å². The lowest BCUT2D eigenvalue weighted by Gasteiger charge is -2.20. The molecule has 1 heterocycles. The molecule has 1 saturated carbocycles. The van der Waals surface area contributed by atoms with Crippen molar-refractivity contribution in [3.05, 3.63) is 0 Å². The third-order valence-corrected chi connectivity index (χ3v) is 3.32. The lowest BCUT2D eigenvalue weighted by Crippen LogP contribution is -2.48. The van der Waals surface area contributed by atoms with Crippen LogP contribution in [-0.4, -0.2) is 41.7 Å². The van der Waals surface area contributed by atoms with Gasteiger partial charge in [0.1, 0.15) is 6.10 Å². The minimum Gasteiger partial charge on any atom is -0.382 e. The summed E-state index contributed by atoms with van der Waals surface area (Å²) in [7, 11) is 0. The van der Waals surface area contributed by atoms with E-state index in [0.29, 0.717) is 13.0 Å². The summed E-state index contributed by atoms with van der Waals surface area (Å²) in [6.45, 7) is 0.653. The van der Waals surface area contributed by atoms with Gasteiger partial charge >= 0.3 is 0 Å². The van der Waals surface area contributed by atoms with E-state index >= 15 is 0 Å². The molecule has 0 aromatic rings. The van der Waals surface area contributed by atoms with Crippen LogP contribution in [0.15, 0.2) is 0 Å². The normalized spacial score (nSPS) is 27.4. The predicted molar refractivity (Wildman–Crippen MR) is 60.9 cm³/mol. The molecule has 6 heteroatoms. The molecule has 5 N–H and O–H groups in total. The largest absolute Gasteiger partial charge is 0.382 e.